The Labute approximate surface area is 191 Å². The molecule has 0 amide bonds. The number of anilines is 1. The van der Waals surface area contributed by atoms with Crippen LogP contribution in [0.15, 0.2) is 52.9 Å². The molecule has 1 heterocycles. The van der Waals surface area contributed by atoms with Gasteiger partial charge in [0.15, 0.2) is 0 Å². The summed E-state index contributed by atoms with van der Waals surface area (Å²) < 4.78 is 43.4. The van der Waals surface area contributed by atoms with Crippen molar-refractivity contribution in [2.24, 2.45) is 0 Å². The van der Waals surface area contributed by atoms with Crippen LogP contribution < -0.4 is 4.31 Å². The molecule has 1 aromatic heterocycles. The molecule has 0 saturated carbocycles. The van der Waals surface area contributed by atoms with Crippen LogP contribution in [-0.2, 0) is 45.5 Å². The van der Waals surface area contributed by atoms with E-state index in [4.69, 9.17) is 4.42 Å². The second-order valence-electron chi connectivity index (χ2n) is 7.85. The lowest BCUT2D eigenvalue weighted by molar-refractivity contribution is -0.138. The van der Waals surface area contributed by atoms with Crippen LogP contribution >= 0.6 is 0 Å². The first-order chi connectivity index (χ1) is 15.4. The smallest absolute Gasteiger partial charge is 0.327 e. The van der Waals surface area contributed by atoms with Crippen LogP contribution in [0.2, 0.25) is 0 Å². The minimum Gasteiger partial charge on any atom is -0.755 e. The number of carbonyl (C=O) groups is 1. The maximum atomic E-state index is 12.5. The number of carboxylic acids is 1. The van der Waals surface area contributed by atoms with Crippen molar-refractivity contribution in [2.45, 2.75) is 43.9 Å². The third-order valence-electron chi connectivity index (χ3n) is 5.71. The fourth-order valence-electron chi connectivity index (χ4n) is 4.18. The Morgan fingerprint density at radius 2 is 1.88 bits per heavy atom. The molecule has 2 aromatic carbocycles. The number of rotatable bonds is 9. The summed E-state index contributed by atoms with van der Waals surface area (Å²) in [6.45, 7) is 0. The summed E-state index contributed by atoms with van der Waals surface area (Å²) >= 11 is -2.83. The van der Waals surface area contributed by atoms with Crippen molar-refractivity contribution in [1.29, 1.82) is 0 Å². The Morgan fingerprint density at radius 3 is 2.59 bits per heavy atom. The zero-order chi connectivity index (χ0) is 22.7. The van der Waals surface area contributed by atoms with Crippen molar-refractivity contribution in [2.75, 3.05) is 10.1 Å². The quantitative estimate of drug-likeness (QED) is 0.474. The Morgan fingerprint density at radius 1 is 1.12 bits per heavy atom. The second kappa shape index (κ2) is 9.97. The predicted molar refractivity (Wildman–Crippen MR) is 123 cm³/mol. The van der Waals surface area contributed by atoms with E-state index in [0.29, 0.717) is 5.58 Å². The van der Waals surface area contributed by atoms with Crippen LogP contribution in [0, 0.1) is 0 Å². The van der Waals surface area contributed by atoms with Crippen LogP contribution in [0.1, 0.15) is 36.1 Å². The van der Waals surface area contributed by atoms with Gasteiger partial charge in [0.25, 0.3) is 0 Å². The Hall–Kier alpha value is -2.49. The number of nitrogens with zero attached hydrogens (tertiary/aromatic N) is 1. The number of carboxylic acid groups (broad SMARTS) is 1. The van der Waals surface area contributed by atoms with E-state index in [0.717, 1.165) is 52.3 Å². The summed E-state index contributed by atoms with van der Waals surface area (Å²) in [6.07, 6.45) is 3.83. The number of aliphatic carboxylic acids is 1. The summed E-state index contributed by atoms with van der Waals surface area (Å²) in [4.78, 5) is 12.0. The van der Waals surface area contributed by atoms with Gasteiger partial charge in [-0.05, 0) is 43.4 Å². The monoisotopic (exact) mass is 474 g/mol. The van der Waals surface area contributed by atoms with Gasteiger partial charge in [-0.2, -0.15) is 0 Å². The molecular weight excluding hydrogens is 450 g/mol. The summed E-state index contributed by atoms with van der Waals surface area (Å²) in [5.74, 6) is -0.0111. The second-order valence-corrected chi connectivity index (χ2v) is 10.3. The normalized spacial score (nSPS) is 16.3. The van der Waals surface area contributed by atoms with Crippen molar-refractivity contribution < 1.29 is 27.3 Å². The van der Waals surface area contributed by atoms with Gasteiger partial charge in [0.1, 0.15) is 17.4 Å². The van der Waals surface area contributed by atoms with E-state index in [2.05, 4.69) is 0 Å². The highest BCUT2D eigenvalue weighted by atomic mass is 32.2. The van der Waals surface area contributed by atoms with Gasteiger partial charge in [0.05, 0.1) is 5.69 Å². The molecule has 7 nitrogen and oxygen atoms in total. The molecule has 0 radical (unpaired) electrons. The van der Waals surface area contributed by atoms with E-state index in [1.54, 1.807) is 18.2 Å². The third kappa shape index (κ3) is 4.95. The molecule has 1 aliphatic rings. The molecular formula is C23H24NO6S2-. The van der Waals surface area contributed by atoms with E-state index in [9.17, 15) is 22.9 Å². The predicted octanol–water partition coefficient (Wildman–Crippen LogP) is 3.70. The number of hydrogen-bond donors (Lipinski definition) is 1. The summed E-state index contributed by atoms with van der Waals surface area (Å²) in [5.41, 5.74) is 2.81. The largest absolute Gasteiger partial charge is 0.755 e. The molecule has 0 fully saturated rings. The average molecular weight is 475 g/mol. The molecule has 3 aromatic rings. The van der Waals surface area contributed by atoms with Gasteiger partial charge in [-0.15, -0.1) is 0 Å². The lowest BCUT2D eigenvalue weighted by atomic mass is 9.96. The van der Waals surface area contributed by atoms with Gasteiger partial charge in [-0.25, -0.2) is 4.79 Å². The van der Waals surface area contributed by atoms with Crippen LogP contribution in [0.4, 0.5) is 5.69 Å². The van der Waals surface area contributed by atoms with Crippen LogP contribution in [0.25, 0.3) is 11.0 Å². The van der Waals surface area contributed by atoms with Crippen molar-refractivity contribution in [3.05, 3.63) is 65.4 Å². The molecule has 0 bridgehead atoms. The van der Waals surface area contributed by atoms with E-state index < -0.39 is 34.1 Å². The first kappa shape index (κ1) is 22.7. The molecule has 0 saturated heterocycles. The van der Waals surface area contributed by atoms with Crippen molar-refractivity contribution in [3.8, 4) is 0 Å². The fraction of sp³-hybridized carbons (Fsp3) is 0.348. The van der Waals surface area contributed by atoms with Gasteiger partial charge in [0.2, 0.25) is 0 Å². The number of benzene rings is 2. The van der Waals surface area contributed by atoms with Gasteiger partial charge >= 0.3 is 5.97 Å². The Kier molecular flexibility index (Phi) is 7.07. The van der Waals surface area contributed by atoms with Crippen LogP contribution in [-0.4, -0.2) is 35.8 Å². The minimum atomic E-state index is -2.83. The molecule has 0 spiro atoms. The highest BCUT2D eigenvalue weighted by Crippen LogP contribution is 2.35. The number of aryl methyl sites for hydroxylation is 2. The van der Waals surface area contributed by atoms with Crippen molar-refractivity contribution in [3.63, 3.8) is 0 Å². The van der Waals surface area contributed by atoms with Gasteiger partial charge < -0.3 is 14.1 Å². The molecule has 170 valence electrons. The highest BCUT2D eigenvalue weighted by Gasteiger charge is 2.28. The molecule has 4 rings (SSSR count). The summed E-state index contributed by atoms with van der Waals surface area (Å²) in [7, 11) is -1.32. The lowest BCUT2D eigenvalue weighted by Crippen LogP contribution is -2.43. The molecule has 3 atom stereocenters. The topological polar surface area (TPSA) is 111 Å². The van der Waals surface area contributed by atoms with Crippen molar-refractivity contribution >= 4 is 44.7 Å². The Balaban J connectivity index is 1.55. The number of hydrogen-bond acceptors (Lipinski definition) is 5. The van der Waals surface area contributed by atoms with E-state index >= 15 is 0 Å². The maximum absolute atomic E-state index is 12.5. The molecule has 0 aliphatic heterocycles. The fourth-order valence-corrected chi connectivity index (χ4v) is 6.06. The lowest BCUT2D eigenvalue weighted by Gasteiger charge is -2.32. The van der Waals surface area contributed by atoms with E-state index in [1.165, 1.54) is 0 Å². The average Bonchev–Trinajstić information content (AvgIpc) is 3.14. The maximum Gasteiger partial charge on any atom is 0.327 e. The van der Waals surface area contributed by atoms with E-state index in [-0.39, 0.29) is 23.6 Å². The zero-order valence-electron chi connectivity index (χ0n) is 17.4. The molecule has 1 aliphatic carbocycles. The van der Waals surface area contributed by atoms with Crippen LogP contribution in [0.5, 0.6) is 0 Å². The SMILES string of the molecule is O=C(O)C(CCS(=O)Cc1ccccc1)N(c1ccc2c3c(oc2c1)CCCC3)S(=O)[O-]. The first-order valence-electron chi connectivity index (χ1n) is 10.5. The van der Waals surface area contributed by atoms with Gasteiger partial charge in [0, 0.05) is 57.0 Å². The number of fused-ring (bicyclic) bond motifs is 3. The van der Waals surface area contributed by atoms with E-state index in [1.807, 2.05) is 30.3 Å². The number of furan rings is 1. The molecule has 1 N–H and O–H groups in total. The summed E-state index contributed by atoms with van der Waals surface area (Å²) in [6, 6.07) is 12.9. The zero-order valence-corrected chi connectivity index (χ0v) is 19.0. The van der Waals surface area contributed by atoms with Gasteiger partial charge in [-0.3, -0.25) is 12.7 Å². The molecule has 32 heavy (non-hydrogen) atoms. The third-order valence-corrected chi connectivity index (χ3v) is 7.85. The Bertz CT molecular complexity index is 1160. The first-order valence-corrected chi connectivity index (χ1v) is 13.0. The molecule has 3 unspecified atom stereocenters. The molecule has 9 heteroatoms. The standard InChI is InChI=1S/C23H25NO6S2/c25-23(26)20(12-13-31(27)15-16-6-2-1-3-7-16)24(32(28)29)17-10-11-19-18-8-4-5-9-21(18)30-22(19)14-17/h1-3,6-7,10-11,14,20H,4-5,8-9,12-13,15H2,(H,25,26)(H,28,29)/p-1. The van der Waals surface area contributed by atoms with Crippen molar-refractivity contribution in [1.82, 2.24) is 0 Å². The minimum absolute atomic E-state index is 0.0663. The highest BCUT2D eigenvalue weighted by molar-refractivity contribution is 7.84. The van der Waals surface area contributed by atoms with Gasteiger partial charge in [-0.1, -0.05) is 30.3 Å². The summed E-state index contributed by atoms with van der Waals surface area (Å²) in [5, 5.41) is 10.7. The van der Waals surface area contributed by atoms with Crippen LogP contribution in [0.3, 0.4) is 0 Å².